The predicted molar refractivity (Wildman–Crippen MR) is 64.2 cm³/mol. The molecule has 0 saturated carbocycles. The summed E-state index contributed by atoms with van der Waals surface area (Å²) in [6, 6.07) is 6.69. The number of halogens is 2. The smallest absolute Gasteiger partial charge is 0.232 e. The third kappa shape index (κ3) is 4.28. The summed E-state index contributed by atoms with van der Waals surface area (Å²) in [6.45, 7) is 0. The quantitative estimate of drug-likeness (QED) is 0.834. The zero-order chi connectivity index (χ0) is 11.3. The summed E-state index contributed by atoms with van der Waals surface area (Å²) in [5.41, 5.74) is 0.397. The molecule has 6 heteroatoms. The van der Waals surface area contributed by atoms with E-state index in [-0.39, 0.29) is 5.75 Å². The van der Waals surface area contributed by atoms with Crippen molar-refractivity contribution in [3.8, 4) is 0 Å². The number of rotatable bonds is 5. The zero-order valence-corrected chi connectivity index (χ0v) is 10.2. The minimum absolute atomic E-state index is 0.00171. The molecule has 0 fully saturated rings. The van der Waals surface area contributed by atoms with Crippen LogP contribution in [0.4, 0.5) is 5.69 Å². The van der Waals surface area contributed by atoms with E-state index in [1.165, 1.54) is 0 Å². The van der Waals surface area contributed by atoms with Crippen molar-refractivity contribution < 1.29 is 8.42 Å². The lowest BCUT2D eigenvalue weighted by atomic mass is 10.3. The van der Waals surface area contributed by atoms with Crippen LogP contribution in [-0.4, -0.2) is 20.1 Å². The second-order valence-corrected chi connectivity index (χ2v) is 5.57. The summed E-state index contributed by atoms with van der Waals surface area (Å²) >= 11 is 11.2. The van der Waals surface area contributed by atoms with E-state index in [1.807, 2.05) is 0 Å². The molecule has 0 unspecified atom stereocenters. The monoisotopic (exact) mass is 267 g/mol. The highest BCUT2D eigenvalue weighted by atomic mass is 35.5. The van der Waals surface area contributed by atoms with Crippen LogP contribution < -0.4 is 4.72 Å². The highest BCUT2D eigenvalue weighted by Crippen LogP contribution is 2.21. The summed E-state index contributed by atoms with van der Waals surface area (Å²) < 4.78 is 25.4. The Bertz CT molecular complexity index is 420. The van der Waals surface area contributed by atoms with Gasteiger partial charge in [0.05, 0.1) is 16.5 Å². The van der Waals surface area contributed by atoms with Crippen LogP contribution in [0.25, 0.3) is 0 Å². The van der Waals surface area contributed by atoms with Crippen LogP contribution in [0.15, 0.2) is 24.3 Å². The van der Waals surface area contributed by atoms with Gasteiger partial charge in [-0.1, -0.05) is 23.7 Å². The lowest BCUT2D eigenvalue weighted by molar-refractivity contribution is 0.600. The van der Waals surface area contributed by atoms with E-state index in [0.29, 0.717) is 23.0 Å². The predicted octanol–water partition coefficient (Wildman–Crippen LogP) is 2.71. The first-order valence-electron chi connectivity index (χ1n) is 4.36. The van der Waals surface area contributed by atoms with Gasteiger partial charge in [0.15, 0.2) is 0 Å². The summed E-state index contributed by atoms with van der Waals surface area (Å²) in [6.07, 6.45) is 0.418. The number of para-hydroxylation sites is 1. The van der Waals surface area contributed by atoms with Gasteiger partial charge in [0.1, 0.15) is 0 Å². The Labute approximate surface area is 99.4 Å². The minimum atomic E-state index is -3.34. The average Bonchev–Trinajstić information content (AvgIpc) is 2.18. The van der Waals surface area contributed by atoms with Gasteiger partial charge in [-0.05, 0) is 18.6 Å². The van der Waals surface area contributed by atoms with Crippen LogP contribution in [0.5, 0.6) is 0 Å². The average molecular weight is 268 g/mol. The number of alkyl halides is 1. The summed E-state index contributed by atoms with van der Waals surface area (Å²) in [7, 11) is -3.34. The lowest BCUT2D eigenvalue weighted by Gasteiger charge is -2.08. The molecular weight excluding hydrogens is 257 g/mol. The molecule has 0 aromatic heterocycles. The molecular formula is C9H11Cl2NO2S. The molecule has 0 aliphatic heterocycles. The van der Waals surface area contributed by atoms with Crippen LogP contribution >= 0.6 is 23.2 Å². The summed E-state index contributed by atoms with van der Waals surface area (Å²) in [5, 5.41) is 0.381. The van der Waals surface area contributed by atoms with Crippen LogP contribution in [0.3, 0.4) is 0 Å². The Kier molecular flexibility index (Phi) is 4.70. The molecule has 1 aromatic rings. The second-order valence-electron chi connectivity index (χ2n) is 2.94. The molecule has 0 spiro atoms. The Morgan fingerprint density at radius 1 is 1.27 bits per heavy atom. The molecule has 0 amide bonds. The Morgan fingerprint density at radius 2 is 1.93 bits per heavy atom. The van der Waals surface area contributed by atoms with Crippen LogP contribution in [-0.2, 0) is 10.0 Å². The van der Waals surface area contributed by atoms with Crippen LogP contribution in [0, 0.1) is 0 Å². The second kappa shape index (κ2) is 5.58. The number of nitrogens with one attached hydrogen (secondary N) is 1. The fourth-order valence-corrected chi connectivity index (χ4v) is 2.68. The topological polar surface area (TPSA) is 46.2 Å². The fourth-order valence-electron chi connectivity index (χ4n) is 1.01. The maximum absolute atomic E-state index is 11.5. The normalized spacial score (nSPS) is 11.3. The minimum Gasteiger partial charge on any atom is -0.282 e. The molecule has 0 aliphatic carbocycles. The zero-order valence-electron chi connectivity index (χ0n) is 7.91. The molecule has 15 heavy (non-hydrogen) atoms. The summed E-state index contributed by atoms with van der Waals surface area (Å²) in [4.78, 5) is 0. The van der Waals surface area contributed by atoms with Gasteiger partial charge in [0, 0.05) is 5.88 Å². The Balaban J connectivity index is 2.74. The van der Waals surface area contributed by atoms with E-state index < -0.39 is 10.0 Å². The molecule has 3 nitrogen and oxygen atoms in total. The Hall–Kier alpha value is -0.450. The van der Waals surface area contributed by atoms with E-state index in [9.17, 15) is 8.42 Å². The SMILES string of the molecule is O=S(=O)(CCCCl)Nc1ccccc1Cl. The van der Waals surface area contributed by atoms with E-state index in [4.69, 9.17) is 23.2 Å². The summed E-state index contributed by atoms with van der Waals surface area (Å²) in [5.74, 6) is 0.325. The molecule has 0 saturated heterocycles. The van der Waals surface area contributed by atoms with Crippen molar-refractivity contribution in [1.29, 1.82) is 0 Å². The third-order valence-corrected chi connectivity index (χ3v) is 3.64. The van der Waals surface area contributed by atoms with Gasteiger partial charge in [-0.2, -0.15) is 0 Å². The number of sulfonamides is 1. The number of hydrogen-bond donors (Lipinski definition) is 1. The molecule has 1 aromatic carbocycles. The maximum atomic E-state index is 11.5. The molecule has 1 rings (SSSR count). The first-order valence-corrected chi connectivity index (χ1v) is 6.92. The molecule has 1 N–H and O–H groups in total. The van der Waals surface area contributed by atoms with E-state index >= 15 is 0 Å². The van der Waals surface area contributed by atoms with Crippen molar-refractivity contribution in [2.24, 2.45) is 0 Å². The fraction of sp³-hybridized carbons (Fsp3) is 0.333. The number of anilines is 1. The van der Waals surface area contributed by atoms with Crippen LogP contribution in [0.2, 0.25) is 5.02 Å². The number of hydrogen-bond acceptors (Lipinski definition) is 2. The van der Waals surface area contributed by atoms with E-state index in [1.54, 1.807) is 24.3 Å². The molecule has 0 aliphatic rings. The highest BCUT2D eigenvalue weighted by Gasteiger charge is 2.11. The van der Waals surface area contributed by atoms with Gasteiger partial charge in [0.2, 0.25) is 10.0 Å². The molecule has 0 heterocycles. The maximum Gasteiger partial charge on any atom is 0.232 e. The first kappa shape index (κ1) is 12.6. The largest absolute Gasteiger partial charge is 0.282 e. The van der Waals surface area contributed by atoms with E-state index in [0.717, 1.165) is 0 Å². The van der Waals surface area contributed by atoms with Gasteiger partial charge in [0.25, 0.3) is 0 Å². The molecule has 0 bridgehead atoms. The Morgan fingerprint density at radius 3 is 2.53 bits per heavy atom. The lowest BCUT2D eigenvalue weighted by Crippen LogP contribution is -2.17. The highest BCUT2D eigenvalue weighted by molar-refractivity contribution is 7.92. The van der Waals surface area contributed by atoms with Crippen molar-refractivity contribution >= 4 is 38.9 Å². The standard InChI is InChI=1S/C9H11Cl2NO2S/c10-6-3-7-15(13,14)12-9-5-2-1-4-8(9)11/h1-2,4-5,12H,3,6-7H2. The van der Waals surface area contributed by atoms with Crippen molar-refractivity contribution in [3.63, 3.8) is 0 Å². The van der Waals surface area contributed by atoms with Crippen molar-refractivity contribution in [2.75, 3.05) is 16.4 Å². The molecule has 84 valence electrons. The van der Waals surface area contributed by atoms with Gasteiger partial charge in [-0.3, -0.25) is 4.72 Å². The van der Waals surface area contributed by atoms with Gasteiger partial charge >= 0.3 is 0 Å². The van der Waals surface area contributed by atoms with E-state index in [2.05, 4.69) is 4.72 Å². The number of benzene rings is 1. The molecule has 0 radical (unpaired) electrons. The third-order valence-electron chi connectivity index (χ3n) is 1.69. The van der Waals surface area contributed by atoms with Gasteiger partial charge in [-0.15, -0.1) is 11.6 Å². The van der Waals surface area contributed by atoms with Gasteiger partial charge < -0.3 is 0 Å². The first-order chi connectivity index (χ1) is 7.05. The van der Waals surface area contributed by atoms with Crippen molar-refractivity contribution in [3.05, 3.63) is 29.3 Å². The van der Waals surface area contributed by atoms with Crippen molar-refractivity contribution in [2.45, 2.75) is 6.42 Å². The van der Waals surface area contributed by atoms with Crippen molar-refractivity contribution in [1.82, 2.24) is 0 Å². The van der Waals surface area contributed by atoms with Gasteiger partial charge in [-0.25, -0.2) is 8.42 Å². The molecule has 0 atom stereocenters. The van der Waals surface area contributed by atoms with Crippen LogP contribution in [0.1, 0.15) is 6.42 Å².